The third-order valence-corrected chi connectivity index (χ3v) is 5.77. The highest BCUT2D eigenvalue weighted by atomic mass is 35.5. The Labute approximate surface area is 152 Å². The molecule has 1 atom stereocenters. The van der Waals surface area contributed by atoms with Gasteiger partial charge in [-0.25, -0.2) is 13.1 Å². The first-order chi connectivity index (χ1) is 11.2. The molecule has 0 aliphatic carbocycles. The molecule has 24 heavy (non-hydrogen) atoms. The molecular weight excluding hydrogens is 369 g/mol. The molecule has 0 amide bonds. The molecule has 0 radical (unpaired) electrons. The summed E-state index contributed by atoms with van der Waals surface area (Å²) in [4.78, 5) is 0.0656. The largest absolute Gasteiger partial charge is 0.491 e. The summed E-state index contributed by atoms with van der Waals surface area (Å²) < 4.78 is 33.1. The molecule has 7 heteroatoms. The van der Waals surface area contributed by atoms with Gasteiger partial charge in [0.1, 0.15) is 12.4 Å². The number of hydrogen-bond donors (Lipinski definition) is 1. The fourth-order valence-electron chi connectivity index (χ4n) is 2.25. The SMILES string of the molecule is Cc1cccc(C)c1OCC(C)NS(=O)(=O)c1ccc(Cl)c(Cl)c1. The Balaban J connectivity index is 2.05. The van der Waals surface area contributed by atoms with Crippen LogP contribution in [0.2, 0.25) is 10.0 Å². The van der Waals surface area contributed by atoms with E-state index in [2.05, 4.69) is 4.72 Å². The first kappa shape index (κ1) is 19.1. The Bertz CT molecular complexity index is 817. The van der Waals surface area contributed by atoms with Gasteiger partial charge in [-0.2, -0.15) is 0 Å². The molecule has 0 aliphatic heterocycles. The molecular formula is C17H19Cl2NO3S. The zero-order valence-electron chi connectivity index (χ0n) is 13.6. The Kier molecular flexibility index (Phi) is 6.15. The molecule has 130 valence electrons. The lowest BCUT2D eigenvalue weighted by Gasteiger charge is -2.17. The standard InChI is InChI=1S/C17H19Cl2NO3S/c1-11-5-4-6-12(2)17(11)23-10-13(3)20-24(21,22)14-7-8-15(18)16(19)9-14/h4-9,13,20H,10H2,1-3H3. The normalized spacial score (nSPS) is 12.9. The average Bonchev–Trinajstić information content (AvgIpc) is 2.49. The van der Waals surface area contributed by atoms with Crippen LogP contribution in [0, 0.1) is 13.8 Å². The minimum atomic E-state index is -3.70. The minimum absolute atomic E-state index is 0.0656. The lowest BCUT2D eigenvalue weighted by molar-refractivity contribution is 0.284. The summed E-state index contributed by atoms with van der Waals surface area (Å²) >= 11 is 11.7. The second kappa shape index (κ2) is 7.74. The van der Waals surface area contributed by atoms with Gasteiger partial charge in [0.15, 0.2) is 0 Å². The number of nitrogens with one attached hydrogen (secondary N) is 1. The van der Waals surface area contributed by atoms with E-state index in [4.69, 9.17) is 27.9 Å². The van der Waals surface area contributed by atoms with E-state index in [0.717, 1.165) is 16.9 Å². The van der Waals surface area contributed by atoms with Gasteiger partial charge in [-0.15, -0.1) is 0 Å². The van der Waals surface area contributed by atoms with Crippen molar-refractivity contribution in [2.45, 2.75) is 31.7 Å². The molecule has 0 fully saturated rings. The molecule has 0 aliphatic rings. The number of halogens is 2. The number of sulfonamides is 1. The zero-order valence-corrected chi connectivity index (χ0v) is 16.0. The van der Waals surface area contributed by atoms with Crippen molar-refractivity contribution in [1.82, 2.24) is 4.72 Å². The Morgan fingerprint density at radius 3 is 2.29 bits per heavy atom. The molecule has 4 nitrogen and oxygen atoms in total. The van der Waals surface area contributed by atoms with E-state index in [1.807, 2.05) is 32.0 Å². The fourth-order valence-corrected chi connectivity index (χ4v) is 3.86. The minimum Gasteiger partial charge on any atom is -0.491 e. The van der Waals surface area contributed by atoms with Crippen LogP contribution in [0.4, 0.5) is 0 Å². The monoisotopic (exact) mass is 387 g/mol. The Morgan fingerprint density at radius 1 is 1.08 bits per heavy atom. The highest BCUT2D eigenvalue weighted by Gasteiger charge is 2.19. The van der Waals surface area contributed by atoms with Gasteiger partial charge in [-0.05, 0) is 50.1 Å². The first-order valence-corrected chi connectivity index (χ1v) is 9.61. The van der Waals surface area contributed by atoms with Crippen molar-refractivity contribution in [3.8, 4) is 5.75 Å². The van der Waals surface area contributed by atoms with Gasteiger partial charge >= 0.3 is 0 Å². The van der Waals surface area contributed by atoms with Gasteiger partial charge in [-0.3, -0.25) is 0 Å². The van der Waals surface area contributed by atoms with Crippen molar-refractivity contribution in [3.05, 3.63) is 57.6 Å². The molecule has 0 aromatic heterocycles. The number of rotatable bonds is 6. The number of ether oxygens (including phenoxy) is 1. The van der Waals surface area contributed by atoms with Gasteiger partial charge in [-0.1, -0.05) is 41.4 Å². The number of hydrogen-bond acceptors (Lipinski definition) is 3. The predicted molar refractivity (Wildman–Crippen MR) is 97.7 cm³/mol. The lowest BCUT2D eigenvalue weighted by atomic mass is 10.1. The number of para-hydroxylation sites is 1. The molecule has 1 N–H and O–H groups in total. The topological polar surface area (TPSA) is 55.4 Å². The summed E-state index contributed by atoms with van der Waals surface area (Å²) in [5, 5.41) is 0.501. The van der Waals surface area contributed by atoms with Gasteiger partial charge in [0.05, 0.1) is 21.0 Å². The summed E-state index contributed by atoms with van der Waals surface area (Å²) in [5.74, 6) is 0.776. The van der Waals surface area contributed by atoms with Gasteiger partial charge < -0.3 is 4.74 Å². The Hall–Kier alpha value is -1.27. The molecule has 2 aromatic carbocycles. The van der Waals surface area contributed by atoms with Crippen LogP contribution in [0.25, 0.3) is 0 Å². The van der Waals surface area contributed by atoms with Crippen LogP contribution in [0.3, 0.4) is 0 Å². The van der Waals surface area contributed by atoms with Crippen LogP contribution in [0.15, 0.2) is 41.3 Å². The van der Waals surface area contributed by atoms with E-state index in [1.165, 1.54) is 18.2 Å². The smallest absolute Gasteiger partial charge is 0.240 e. The third kappa shape index (κ3) is 4.63. The molecule has 0 bridgehead atoms. The maximum Gasteiger partial charge on any atom is 0.240 e. The van der Waals surface area contributed by atoms with Crippen molar-refractivity contribution in [1.29, 1.82) is 0 Å². The fraction of sp³-hybridized carbons (Fsp3) is 0.294. The van der Waals surface area contributed by atoms with Crippen LogP contribution in [-0.4, -0.2) is 21.1 Å². The van der Waals surface area contributed by atoms with E-state index >= 15 is 0 Å². The molecule has 0 heterocycles. The molecule has 2 rings (SSSR count). The average molecular weight is 388 g/mol. The van der Waals surface area contributed by atoms with E-state index in [1.54, 1.807) is 6.92 Å². The predicted octanol–water partition coefficient (Wildman–Crippen LogP) is 4.36. The lowest BCUT2D eigenvalue weighted by Crippen LogP contribution is -2.36. The maximum absolute atomic E-state index is 12.4. The van der Waals surface area contributed by atoms with E-state index in [-0.39, 0.29) is 16.5 Å². The van der Waals surface area contributed by atoms with E-state index in [9.17, 15) is 8.42 Å². The van der Waals surface area contributed by atoms with Crippen LogP contribution in [-0.2, 0) is 10.0 Å². The Morgan fingerprint density at radius 2 is 1.71 bits per heavy atom. The molecule has 0 saturated heterocycles. The van der Waals surface area contributed by atoms with Crippen molar-refractivity contribution in [2.75, 3.05) is 6.61 Å². The second-order valence-corrected chi connectivity index (χ2v) is 8.16. The highest BCUT2D eigenvalue weighted by Crippen LogP contribution is 2.25. The van der Waals surface area contributed by atoms with Crippen molar-refractivity contribution < 1.29 is 13.2 Å². The number of aryl methyl sites for hydroxylation is 2. The van der Waals surface area contributed by atoms with E-state index in [0.29, 0.717) is 5.02 Å². The van der Waals surface area contributed by atoms with Crippen molar-refractivity contribution in [3.63, 3.8) is 0 Å². The van der Waals surface area contributed by atoms with Gasteiger partial charge in [0.25, 0.3) is 0 Å². The second-order valence-electron chi connectivity index (χ2n) is 5.63. The molecule has 0 spiro atoms. The van der Waals surface area contributed by atoms with Crippen LogP contribution < -0.4 is 9.46 Å². The number of benzene rings is 2. The first-order valence-electron chi connectivity index (χ1n) is 7.37. The van der Waals surface area contributed by atoms with Crippen LogP contribution in [0.5, 0.6) is 5.75 Å². The summed E-state index contributed by atoms with van der Waals surface area (Å²) in [6.45, 7) is 5.86. The summed E-state index contributed by atoms with van der Waals surface area (Å²) in [5.41, 5.74) is 2.02. The third-order valence-electron chi connectivity index (χ3n) is 3.44. The van der Waals surface area contributed by atoms with Crippen molar-refractivity contribution in [2.24, 2.45) is 0 Å². The summed E-state index contributed by atoms with van der Waals surface area (Å²) in [6, 6.07) is 9.63. The molecule has 2 aromatic rings. The quantitative estimate of drug-likeness (QED) is 0.800. The van der Waals surface area contributed by atoms with Gasteiger partial charge in [0.2, 0.25) is 10.0 Å². The summed E-state index contributed by atoms with van der Waals surface area (Å²) in [6.07, 6.45) is 0. The molecule has 1 unspecified atom stereocenters. The van der Waals surface area contributed by atoms with Crippen LogP contribution in [0.1, 0.15) is 18.1 Å². The zero-order chi connectivity index (χ0) is 17.9. The van der Waals surface area contributed by atoms with Gasteiger partial charge in [0, 0.05) is 0 Å². The van der Waals surface area contributed by atoms with E-state index < -0.39 is 16.1 Å². The summed E-state index contributed by atoms with van der Waals surface area (Å²) in [7, 11) is -3.70. The molecule has 0 saturated carbocycles. The van der Waals surface area contributed by atoms with Crippen LogP contribution >= 0.6 is 23.2 Å². The maximum atomic E-state index is 12.4. The van der Waals surface area contributed by atoms with Crippen molar-refractivity contribution >= 4 is 33.2 Å². The highest BCUT2D eigenvalue weighted by molar-refractivity contribution is 7.89.